The molecule has 0 saturated carbocycles. The van der Waals surface area contributed by atoms with E-state index in [0.29, 0.717) is 22.3 Å². The Balaban J connectivity index is 1.55. The molecule has 4 aromatic heterocycles. The van der Waals surface area contributed by atoms with E-state index in [9.17, 15) is 4.79 Å². The van der Waals surface area contributed by atoms with E-state index < -0.39 is 0 Å². The van der Waals surface area contributed by atoms with Crippen LogP contribution in [0.5, 0.6) is 0 Å². The number of fused-ring (bicyclic) bond motifs is 1. The number of rotatable bonds is 4. The number of H-pyrrole nitrogens is 1. The Bertz CT molecular complexity index is 1060. The maximum Gasteiger partial charge on any atom is 0.258 e. The zero-order valence-electron chi connectivity index (χ0n) is 12.1. The predicted octanol–water partition coefficient (Wildman–Crippen LogP) is 3.60. The van der Waals surface area contributed by atoms with Gasteiger partial charge >= 0.3 is 0 Å². The summed E-state index contributed by atoms with van der Waals surface area (Å²) >= 11 is 6.40. The largest absolute Gasteiger partial charge is 0.269 e. The number of hydrogen-bond donors (Lipinski definition) is 1. The van der Waals surface area contributed by atoms with Gasteiger partial charge in [0.05, 0.1) is 10.6 Å². The van der Waals surface area contributed by atoms with Crippen molar-refractivity contribution in [2.24, 2.45) is 0 Å². The number of aromatic nitrogens is 5. The lowest BCUT2D eigenvalue weighted by Gasteiger charge is -2.03. The molecule has 0 fully saturated rings. The molecular weight excluding hydrogens is 410 g/mol. The second kappa shape index (κ2) is 6.50. The number of halogens is 1. The minimum absolute atomic E-state index is 0.105. The van der Waals surface area contributed by atoms with Crippen molar-refractivity contribution in [3.05, 3.63) is 62.4 Å². The van der Waals surface area contributed by atoms with Crippen LogP contribution < -0.4 is 5.56 Å². The fourth-order valence-electron chi connectivity index (χ4n) is 2.17. The van der Waals surface area contributed by atoms with Gasteiger partial charge < -0.3 is 0 Å². The summed E-state index contributed by atoms with van der Waals surface area (Å²) in [5.74, 6) is 1.28. The molecule has 0 radical (unpaired) electrons. The summed E-state index contributed by atoms with van der Waals surface area (Å²) in [7, 11) is 0. The van der Waals surface area contributed by atoms with Crippen molar-refractivity contribution >= 4 is 44.7 Å². The average molecular weight is 420 g/mol. The normalized spacial score (nSPS) is 11.2. The second-order valence-corrected chi connectivity index (χ2v) is 7.70. The molecule has 4 heterocycles. The lowest BCUT2D eigenvalue weighted by Crippen LogP contribution is -2.15. The van der Waals surface area contributed by atoms with Crippen LogP contribution in [-0.2, 0) is 5.75 Å². The zero-order valence-corrected chi connectivity index (χ0v) is 15.4. The SMILES string of the molecule is O=c1cc(CSc2n[nH]c(-c3cccs3)n2)nc2ccc(Br)cn12. The molecule has 24 heavy (non-hydrogen) atoms. The lowest BCUT2D eigenvalue weighted by atomic mass is 10.4. The Morgan fingerprint density at radius 3 is 3.04 bits per heavy atom. The standard InChI is InChI=1S/C15H10BrN5OS2/c16-9-3-4-12-17-10(6-13(22)21(12)7-9)8-24-15-18-14(19-20-15)11-2-1-5-23-11/h1-7H,8H2,(H,18,19,20). The smallest absolute Gasteiger partial charge is 0.258 e. The maximum atomic E-state index is 12.2. The molecule has 0 aromatic carbocycles. The number of nitrogens with zero attached hydrogens (tertiary/aromatic N) is 4. The van der Waals surface area contributed by atoms with Crippen LogP contribution >= 0.6 is 39.0 Å². The van der Waals surface area contributed by atoms with Gasteiger partial charge in [0.2, 0.25) is 5.16 Å². The summed E-state index contributed by atoms with van der Waals surface area (Å²) in [6.45, 7) is 0. The number of aromatic amines is 1. The molecule has 0 bridgehead atoms. The van der Waals surface area contributed by atoms with Crippen molar-refractivity contribution in [2.75, 3.05) is 0 Å². The fourth-order valence-corrected chi connectivity index (χ4v) is 3.86. The van der Waals surface area contributed by atoms with E-state index in [0.717, 1.165) is 15.2 Å². The van der Waals surface area contributed by atoms with Gasteiger partial charge in [-0.2, -0.15) is 0 Å². The number of hydrogen-bond acceptors (Lipinski definition) is 6. The Morgan fingerprint density at radius 2 is 2.21 bits per heavy atom. The molecule has 0 aliphatic carbocycles. The van der Waals surface area contributed by atoms with Gasteiger partial charge in [0.1, 0.15) is 5.65 Å². The number of thioether (sulfide) groups is 1. The minimum Gasteiger partial charge on any atom is -0.269 e. The molecule has 9 heteroatoms. The first-order valence-corrected chi connectivity index (χ1v) is 9.62. The maximum absolute atomic E-state index is 12.2. The van der Waals surface area contributed by atoms with Crippen LogP contribution in [0, 0.1) is 0 Å². The fraction of sp³-hybridized carbons (Fsp3) is 0.0667. The molecule has 0 saturated heterocycles. The van der Waals surface area contributed by atoms with Crippen LogP contribution in [0.4, 0.5) is 0 Å². The second-order valence-electron chi connectivity index (χ2n) is 4.89. The molecular formula is C15H10BrN5OS2. The van der Waals surface area contributed by atoms with E-state index in [2.05, 4.69) is 36.1 Å². The van der Waals surface area contributed by atoms with Crippen molar-refractivity contribution in [3.63, 3.8) is 0 Å². The highest BCUT2D eigenvalue weighted by Gasteiger charge is 2.09. The van der Waals surface area contributed by atoms with E-state index in [1.54, 1.807) is 29.7 Å². The molecule has 6 nitrogen and oxygen atoms in total. The first-order valence-electron chi connectivity index (χ1n) is 6.96. The van der Waals surface area contributed by atoms with Crippen LogP contribution in [0.3, 0.4) is 0 Å². The predicted molar refractivity (Wildman–Crippen MR) is 98.4 cm³/mol. The van der Waals surface area contributed by atoms with Crippen molar-refractivity contribution in [2.45, 2.75) is 10.9 Å². The Hall–Kier alpha value is -1.97. The monoisotopic (exact) mass is 419 g/mol. The zero-order chi connectivity index (χ0) is 16.5. The molecule has 0 aliphatic heterocycles. The molecule has 0 atom stereocenters. The Morgan fingerprint density at radius 1 is 1.29 bits per heavy atom. The molecule has 0 unspecified atom stereocenters. The van der Waals surface area contributed by atoms with Crippen molar-refractivity contribution in [1.82, 2.24) is 24.6 Å². The summed E-state index contributed by atoms with van der Waals surface area (Å²) in [5, 5.41) is 9.76. The molecule has 4 rings (SSSR count). The van der Waals surface area contributed by atoms with E-state index >= 15 is 0 Å². The van der Waals surface area contributed by atoms with E-state index in [1.165, 1.54) is 16.2 Å². The topological polar surface area (TPSA) is 75.9 Å². The highest BCUT2D eigenvalue weighted by molar-refractivity contribution is 9.10. The van der Waals surface area contributed by atoms with E-state index in [-0.39, 0.29) is 5.56 Å². The Kier molecular flexibility index (Phi) is 4.21. The quantitative estimate of drug-likeness (QED) is 0.511. The van der Waals surface area contributed by atoms with E-state index in [1.807, 2.05) is 23.6 Å². The van der Waals surface area contributed by atoms with Gasteiger partial charge in [0.25, 0.3) is 5.56 Å². The number of nitrogens with one attached hydrogen (secondary N) is 1. The van der Waals surface area contributed by atoms with Gasteiger partial charge in [-0.15, -0.1) is 16.4 Å². The van der Waals surface area contributed by atoms with Crippen molar-refractivity contribution in [1.29, 1.82) is 0 Å². The van der Waals surface area contributed by atoms with Gasteiger partial charge in [0.15, 0.2) is 5.82 Å². The van der Waals surface area contributed by atoms with Crippen molar-refractivity contribution in [3.8, 4) is 10.7 Å². The Labute approximate surface area is 153 Å². The van der Waals surface area contributed by atoms with Gasteiger partial charge in [-0.3, -0.25) is 14.3 Å². The summed E-state index contributed by atoms with van der Waals surface area (Å²) < 4.78 is 2.35. The third-order valence-electron chi connectivity index (χ3n) is 3.25. The lowest BCUT2D eigenvalue weighted by molar-refractivity contribution is 0.968. The van der Waals surface area contributed by atoms with Gasteiger partial charge in [0, 0.05) is 22.5 Å². The number of pyridine rings is 1. The minimum atomic E-state index is -0.105. The highest BCUT2D eigenvalue weighted by Crippen LogP contribution is 2.24. The molecule has 0 aliphatic rings. The summed E-state index contributed by atoms with van der Waals surface area (Å²) in [6.07, 6.45) is 1.71. The van der Waals surface area contributed by atoms with Crippen LogP contribution in [-0.4, -0.2) is 24.6 Å². The molecule has 0 amide bonds. The van der Waals surface area contributed by atoms with Gasteiger partial charge in [-0.1, -0.05) is 17.8 Å². The van der Waals surface area contributed by atoms with Crippen molar-refractivity contribution < 1.29 is 0 Å². The van der Waals surface area contributed by atoms with Crippen LogP contribution in [0.15, 0.2) is 56.3 Å². The summed E-state index contributed by atoms with van der Waals surface area (Å²) in [6, 6.07) is 9.17. The van der Waals surface area contributed by atoms with Gasteiger partial charge in [-0.05, 0) is 39.5 Å². The van der Waals surface area contributed by atoms with E-state index in [4.69, 9.17) is 0 Å². The van der Waals surface area contributed by atoms with Gasteiger partial charge in [-0.25, -0.2) is 9.97 Å². The molecule has 4 aromatic rings. The molecule has 1 N–H and O–H groups in total. The summed E-state index contributed by atoms with van der Waals surface area (Å²) in [4.78, 5) is 22.2. The number of thiophene rings is 1. The third-order valence-corrected chi connectivity index (χ3v) is 5.47. The average Bonchev–Trinajstić information content (AvgIpc) is 3.25. The van der Waals surface area contributed by atoms with Crippen LogP contribution in [0.25, 0.3) is 16.3 Å². The summed E-state index contributed by atoms with van der Waals surface area (Å²) in [5.41, 5.74) is 1.22. The van der Waals surface area contributed by atoms with Crippen LogP contribution in [0.2, 0.25) is 0 Å². The third kappa shape index (κ3) is 3.14. The molecule has 0 spiro atoms. The van der Waals surface area contributed by atoms with Crippen LogP contribution in [0.1, 0.15) is 5.69 Å². The first-order chi connectivity index (χ1) is 11.7. The first kappa shape index (κ1) is 15.6. The highest BCUT2D eigenvalue weighted by atomic mass is 79.9. The molecule has 120 valence electrons.